The normalized spacial score (nSPS) is 19.3. The summed E-state index contributed by atoms with van der Waals surface area (Å²) in [4.78, 5) is 51.7. The molecule has 0 radical (unpaired) electrons. The molecule has 2 fully saturated rings. The van der Waals surface area contributed by atoms with Gasteiger partial charge in [0.2, 0.25) is 15.9 Å². The Morgan fingerprint density at radius 1 is 1.02 bits per heavy atom. The van der Waals surface area contributed by atoms with Crippen LogP contribution in [0.15, 0.2) is 53.4 Å². The van der Waals surface area contributed by atoms with Crippen molar-refractivity contribution < 1.29 is 46.7 Å². The molecule has 4 rings (SSSR count). The summed E-state index contributed by atoms with van der Waals surface area (Å²) in [6.07, 6.45) is -0.848. The molecular weight excluding hydrogens is 604 g/mol. The average molecular weight is 646 g/mol. The predicted octanol–water partition coefficient (Wildman–Crippen LogP) is 2.81. The first kappa shape index (κ1) is 34.0. The van der Waals surface area contributed by atoms with Crippen molar-refractivity contribution >= 4 is 34.1 Å². The molecule has 2 heterocycles. The number of rotatable bonds is 8. The summed E-state index contributed by atoms with van der Waals surface area (Å²) in [5.41, 5.74) is 0.624. The van der Waals surface area contributed by atoms with Crippen molar-refractivity contribution in [2.45, 2.75) is 69.5 Å². The monoisotopic (exact) mass is 645 g/mol. The lowest BCUT2D eigenvalue weighted by atomic mass is 10.1. The van der Waals surface area contributed by atoms with Crippen LogP contribution in [-0.2, 0) is 30.8 Å². The second-order valence-corrected chi connectivity index (χ2v) is 14.2. The number of imide groups is 1. The van der Waals surface area contributed by atoms with Crippen LogP contribution in [0.25, 0.3) is 0 Å². The molecule has 0 bridgehead atoms. The number of carboxylic acid groups (broad SMARTS) is 1. The molecule has 2 aliphatic heterocycles. The molecule has 13 nitrogen and oxygen atoms in total. The zero-order valence-corrected chi connectivity index (χ0v) is 26.8. The van der Waals surface area contributed by atoms with Crippen LogP contribution in [0.4, 0.5) is 9.59 Å². The fraction of sp³-hybridized carbons (Fsp3) is 0.484. The molecule has 244 valence electrons. The standard InChI is InChI=1S/C31H40N4O9S/c1-21-7-13-24(14-8-21)45(41,42)34-17-5-6-26(34)27(36)33-25(28(37)38)20-22-9-11-23(12-10-22)43-29(39)35(18-15-32-16-19-35)30(40)44-31(2,3)4/h7-14,25-26,32H,5-6,15-20H2,1-4H3,(H-,33,36,37,38)/p+1/t25-,26-/m0/s1. The van der Waals surface area contributed by atoms with E-state index in [-0.39, 0.29) is 43.1 Å². The summed E-state index contributed by atoms with van der Waals surface area (Å²) in [7, 11) is -3.96. The molecule has 2 aromatic carbocycles. The largest absolute Gasteiger partial charge is 0.532 e. The maximum atomic E-state index is 13.3. The summed E-state index contributed by atoms with van der Waals surface area (Å²) < 4.78 is 38.1. The second kappa shape index (κ2) is 13.6. The van der Waals surface area contributed by atoms with Crippen LogP contribution in [0.1, 0.15) is 44.7 Å². The highest BCUT2D eigenvalue weighted by Gasteiger charge is 2.51. The van der Waals surface area contributed by atoms with Crippen LogP contribution in [0.2, 0.25) is 0 Å². The zero-order chi connectivity index (χ0) is 33.0. The number of carbonyl (C=O) groups excluding carboxylic acids is 3. The van der Waals surface area contributed by atoms with Gasteiger partial charge >= 0.3 is 18.2 Å². The van der Waals surface area contributed by atoms with Gasteiger partial charge in [-0.05, 0) is 70.4 Å². The number of hydrogen-bond donors (Lipinski definition) is 3. The molecule has 14 heteroatoms. The lowest BCUT2D eigenvalue weighted by Crippen LogP contribution is -2.66. The van der Waals surface area contributed by atoms with Gasteiger partial charge in [0.25, 0.3) is 0 Å². The summed E-state index contributed by atoms with van der Waals surface area (Å²) >= 11 is 0. The van der Waals surface area contributed by atoms with E-state index in [1.54, 1.807) is 45.0 Å². The van der Waals surface area contributed by atoms with Crippen LogP contribution in [0.3, 0.4) is 0 Å². The fourth-order valence-corrected chi connectivity index (χ4v) is 6.94. The molecule has 2 aliphatic rings. The van der Waals surface area contributed by atoms with Gasteiger partial charge in [-0.2, -0.15) is 13.9 Å². The maximum absolute atomic E-state index is 13.3. The van der Waals surface area contributed by atoms with Crippen LogP contribution in [0, 0.1) is 6.92 Å². The van der Waals surface area contributed by atoms with Crippen molar-refractivity contribution in [2.75, 3.05) is 32.7 Å². The zero-order valence-electron chi connectivity index (χ0n) is 25.9. The smallest absolute Gasteiger partial charge is 0.480 e. The summed E-state index contributed by atoms with van der Waals surface area (Å²) in [6.45, 7) is 8.32. The van der Waals surface area contributed by atoms with E-state index >= 15 is 0 Å². The Balaban J connectivity index is 1.42. The van der Waals surface area contributed by atoms with Crippen molar-refractivity contribution in [1.82, 2.24) is 14.9 Å². The number of hydrogen-bond acceptors (Lipinski definition) is 9. The molecule has 2 saturated heterocycles. The Hall–Kier alpha value is -3.85. The third kappa shape index (κ3) is 8.06. The van der Waals surface area contributed by atoms with Gasteiger partial charge in [-0.15, -0.1) is 4.48 Å². The Labute approximate surface area is 263 Å². The van der Waals surface area contributed by atoms with Crippen LogP contribution in [0.5, 0.6) is 5.75 Å². The van der Waals surface area contributed by atoms with Gasteiger partial charge in [-0.1, -0.05) is 29.8 Å². The van der Waals surface area contributed by atoms with Gasteiger partial charge in [-0.25, -0.2) is 13.2 Å². The summed E-state index contributed by atoms with van der Waals surface area (Å²) in [5.74, 6) is -1.82. The molecular formula is C31H41N4O9S+. The van der Waals surface area contributed by atoms with Crippen molar-refractivity contribution in [3.63, 3.8) is 0 Å². The van der Waals surface area contributed by atoms with Crippen molar-refractivity contribution in [3.8, 4) is 5.75 Å². The summed E-state index contributed by atoms with van der Waals surface area (Å²) in [6, 6.07) is 10.0. The Morgan fingerprint density at radius 2 is 1.64 bits per heavy atom. The first-order valence-corrected chi connectivity index (χ1v) is 16.3. The number of sulfonamides is 1. The molecule has 2 atom stereocenters. The minimum Gasteiger partial charge on any atom is -0.480 e. The maximum Gasteiger partial charge on any atom is 0.532 e. The van der Waals surface area contributed by atoms with E-state index in [0.717, 1.165) is 9.87 Å². The first-order chi connectivity index (χ1) is 21.1. The number of quaternary nitrogens is 1. The fourth-order valence-electron chi connectivity index (χ4n) is 5.29. The number of nitrogens with zero attached hydrogens (tertiary/aromatic N) is 2. The highest BCUT2D eigenvalue weighted by Crippen LogP contribution is 2.27. The Morgan fingerprint density at radius 3 is 2.22 bits per heavy atom. The number of carboxylic acids is 1. The molecule has 2 aromatic rings. The van der Waals surface area contributed by atoms with E-state index in [1.165, 1.54) is 24.3 Å². The first-order valence-electron chi connectivity index (χ1n) is 14.9. The molecule has 0 unspecified atom stereocenters. The molecule has 45 heavy (non-hydrogen) atoms. The van der Waals surface area contributed by atoms with E-state index in [1.807, 2.05) is 6.92 Å². The Bertz CT molecular complexity index is 1510. The number of aliphatic carboxylic acids is 1. The van der Waals surface area contributed by atoms with Gasteiger partial charge in [0.15, 0.2) is 0 Å². The molecule has 0 saturated carbocycles. The lowest BCUT2D eigenvalue weighted by Gasteiger charge is -2.35. The van der Waals surface area contributed by atoms with Gasteiger partial charge in [-0.3, -0.25) is 4.79 Å². The highest BCUT2D eigenvalue weighted by atomic mass is 32.2. The number of amides is 3. The van der Waals surface area contributed by atoms with Gasteiger partial charge < -0.3 is 25.2 Å². The number of ether oxygens (including phenoxy) is 2. The Kier molecular flexibility index (Phi) is 10.3. The number of piperazine rings is 1. The lowest BCUT2D eigenvalue weighted by molar-refractivity contribution is -0.787. The van der Waals surface area contributed by atoms with E-state index < -0.39 is 56.3 Å². The average Bonchev–Trinajstić information content (AvgIpc) is 3.49. The van der Waals surface area contributed by atoms with Gasteiger partial charge in [0, 0.05) is 26.1 Å². The molecule has 0 aromatic heterocycles. The van der Waals surface area contributed by atoms with Gasteiger partial charge in [0.05, 0.1) is 4.90 Å². The predicted molar refractivity (Wildman–Crippen MR) is 163 cm³/mol. The van der Waals surface area contributed by atoms with Crippen LogP contribution in [-0.4, -0.2) is 96.8 Å². The number of benzene rings is 2. The van der Waals surface area contributed by atoms with Crippen molar-refractivity contribution in [1.29, 1.82) is 0 Å². The topological polar surface area (TPSA) is 168 Å². The quantitative estimate of drug-likeness (QED) is 0.363. The summed E-state index contributed by atoms with van der Waals surface area (Å²) in [5, 5.41) is 15.5. The third-order valence-electron chi connectivity index (χ3n) is 7.75. The molecule has 3 N–H and O–H groups in total. The molecule has 3 amide bonds. The van der Waals surface area contributed by atoms with E-state index in [0.29, 0.717) is 25.1 Å². The molecule has 0 spiro atoms. The molecule has 0 aliphatic carbocycles. The minimum atomic E-state index is -3.96. The van der Waals surface area contributed by atoms with E-state index in [9.17, 15) is 32.7 Å². The highest BCUT2D eigenvalue weighted by molar-refractivity contribution is 7.89. The van der Waals surface area contributed by atoms with E-state index in [4.69, 9.17) is 9.47 Å². The van der Waals surface area contributed by atoms with Crippen molar-refractivity contribution in [3.05, 3.63) is 59.7 Å². The van der Waals surface area contributed by atoms with Gasteiger partial charge in [0.1, 0.15) is 36.5 Å². The third-order valence-corrected chi connectivity index (χ3v) is 9.67. The van der Waals surface area contributed by atoms with E-state index in [2.05, 4.69) is 10.6 Å². The van der Waals surface area contributed by atoms with Crippen LogP contribution < -0.4 is 15.4 Å². The van der Waals surface area contributed by atoms with Crippen molar-refractivity contribution in [2.24, 2.45) is 0 Å². The second-order valence-electron chi connectivity index (χ2n) is 12.3. The van der Waals surface area contributed by atoms with Crippen LogP contribution >= 0.6 is 0 Å². The number of carbonyl (C=O) groups is 4. The minimum absolute atomic E-state index is 0.0688. The number of aryl methyl sites for hydroxylation is 1. The number of nitrogens with one attached hydrogen (secondary N) is 2. The SMILES string of the molecule is Cc1ccc(S(=O)(=O)N2CCC[C@H]2C(=O)N[C@@H](Cc2ccc(OC(=O)[N+]3(C(=O)OC(C)(C)C)CCNCC3)cc2)C(=O)O)cc1.